The van der Waals surface area contributed by atoms with Crippen molar-refractivity contribution in [3.05, 3.63) is 35.9 Å². The van der Waals surface area contributed by atoms with Crippen LogP contribution in [-0.2, 0) is 6.54 Å². The van der Waals surface area contributed by atoms with E-state index >= 15 is 0 Å². The first-order valence-electron chi connectivity index (χ1n) is 8.90. The second kappa shape index (κ2) is 6.52. The molecule has 2 fully saturated rings. The van der Waals surface area contributed by atoms with Gasteiger partial charge in [0.2, 0.25) is 0 Å². The molecule has 0 aliphatic heterocycles. The Kier molecular flexibility index (Phi) is 4.69. The predicted molar refractivity (Wildman–Crippen MR) is 90.1 cm³/mol. The van der Waals surface area contributed by atoms with Crippen molar-refractivity contribution in [3.63, 3.8) is 0 Å². The molecule has 1 aromatic carbocycles. The molecule has 21 heavy (non-hydrogen) atoms. The molecule has 2 aliphatic rings. The van der Waals surface area contributed by atoms with Crippen molar-refractivity contribution < 1.29 is 0 Å². The van der Waals surface area contributed by atoms with Crippen molar-refractivity contribution >= 4 is 0 Å². The maximum absolute atomic E-state index is 3.68. The van der Waals surface area contributed by atoms with Crippen molar-refractivity contribution in [3.8, 4) is 0 Å². The van der Waals surface area contributed by atoms with Crippen molar-refractivity contribution in [1.29, 1.82) is 0 Å². The lowest BCUT2D eigenvalue weighted by atomic mass is 9.56. The number of hydrogen-bond acceptors (Lipinski definition) is 1. The van der Waals surface area contributed by atoms with E-state index in [2.05, 4.69) is 49.5 Å². The van der Waals surface area contributed by atoms with E-state index in [-0.39, 0.29) is 0 Å². The monoisotopic (exact) mass is 285 g/mol. The van der Waals surface area contributed by atoms with Crippen LogP contribution in [0.4, 0.5) is 0 Å². The molecule has 2 atom stereocenters. The number of fused-ring (bicyclic) bond motifs is 2. The molecule has 1 N–H and O–H groups in total. The molecule has 1 heteroatoms. The molecule has 1 nitrogen and oxygen atoms in total. The van der Waals surface area contributed by atoms with Gasteiger partial charge in [-0.3, -0.25) is 0 Å². The Labute approximate surface area is 130 Å². The normalized spacial score (nSPS) is 35.6. The van der Waals surface area contributed by atoms with Crippen LogP contribution in [-0.4, -0.2) is 6.54 Å². The zero-order chi connectivity index (χ0) is 14.7. The maximum atomic E-state index is 3.68. The standard InChI is InChI=1S/C20H31N/c1-16-10-19-11-17(2)13-20(12-16,14-19)8-9-21-15-18-6-4-3-5-7-18/h3-7,16-17,19,21H,8-15H2,1-2H3. The molecule has 2 bridgehead atoms. The van der Waals surface area contributed by atoms with Gasteiger partial charge < -0.3 is 5.32 Å². The summed E-state index contributed by atoms with van der Waals surface area (Å²) in [5.41, 5.74) is 2.06. The Hall–Kier alpha value is -0.820. The van der Waals surface area contributed by atoms with Gasteiger partial charge in [-0.25, -0.2) is 0 Å². The van der Waals surface area contributed by atoms with Crippen LogP contribution in [0.25, 0.3) is 0 Å². The van der Waals surface area contributed by atoms with Crippen LogP contribution in [0.1, 0.15) is 57.9 Å². The average Bonchev–Trinajstić information content (AvgIpc) is 2.43. The van der Waals surface area contributed by atoms with Gasteiger partial charge in [0, 0.05) is 6.54 Å². The number of hydrogen-bond donors (Lipinski definition) is 1. The van der Waals surface area contributed by atoms with Crippen molar-refractivity contribution in [2.24, 2.45) is 23.2 Å². The molecule has 2 aliphatic carbocycles. The van der Waals surface area contributed by atoms with Crippen LogP contribution in [0, 0.1) is 23.2 Å². The molecule has 0 saturated heterocycles. The van der Waals surface area contributed by atoms with Gasteiger partial charge in [0.25, 0.3) is 0 Å². The molecular formula is C20H31N. The van der Waals surface area contributed by atoms with E-state index in [0.29, 0.717) is 5.41 Å². The van der Waals surface area contributed by atoms with Gasteiger partial charge in [-0.1, -0.05) is 44.2 Å². The highest BCUT2D eigenvalue weighted by molar-refractivity contribution is 5.14. The lowest BCUT2D eigenvalue weighted by molar-refractivity contribution is 0.0117. The predicted octanol–water partition coefficient (Wildman–Crippen LogP) is 5.02. The van der Waals surface area contributed by atoms with E-state index < -0.39 is 0 Å². The molecule has 0 radical (unpaired) electrons. The second-order valence-corrected chi connectivity index (χ2v) is 8.07. The molecule has 116 valence electrons. The molecule has 1 aromatic rings. The third kappa shape index (κ3) is 3.88. The van der Waals surface area contributed by atoms with Crippen molar-refractivity contribution in [2.45, 2.75) is 58.9 Å². The lowest BCUT2D eigenvalue weighted by Crippen LogP contribution is -2.40. The Morgan fingerprint density at radius 1 is 1.00 bits per heavy atom. The number of nitrogens with one attached hydrogen (secondary N) is 1. The number of rotatable bonds is 5. The number of benzene rings is 1. The van der Waals surface area contributed by atoms with E-state index in [0.717, 1.165) is 24.3 Å². The van der Waals surface area contributed by atoms with Crippen molar-refractivity contribution in [2.75, 3.05) is 6.54 Å². The van der Waals surface area contributed by atoms with Crippen LogP contribution < -0.4 is 5.32 Å². The largest absolute Gasteiger partial charge is 0.313 e. The first kappa shape index (κ1) is 15.1. The summed E-state index contributed by atoms with van der Waals surface area (Å²) in [5, 5.41) is 3.68. The highest BCUT2D eigenvalue weighted by atomic mass is 14.8. The zero-order valence-electron chi connectivity index (χ0n) is 13.8. The third-order valence-electron chi connectivity index (χ3n) is 5.76. The fraction of sp³-hybridized carbons (Fsp3) is 0.700. The van der Waals surface area contributed by atoms with E-state index in [1.54, 1.807) is 0 Å². The first-order chi connectivity index (χ1) is 10.2. The second-order valence-electron chi connectivity index (χ2n) is 8.07. The van der Waals surface area contributed by atoms with Crippen LogP contribution >= 0.6 is 0 Å². The summed E-state index contributed by atoms with van der Waals surface area (Å²) < 4.78 is 0. The van der Waals surface area contributed by atoms with Crippen LogP contribution in [0.5, 0.6) is 0 Å². The third-order valence-corrected chi connectivity index (χ3v) is 5.76. The van der Waals surface area contributed by atoms with E-state index in [4.69, 9.17) is 0 Å². The minimum atomic E-state index is 0.656. The summed E-state index contributed by atoms with van der Waals surface area (Å²) in [4.78, 5) is 0. The molecular weight excluding hydrogens is 254 g/mol. The summed E-state index contributed by atoms with van der Waals surface area (Å²) in [7, 11) is 0. The molecule has 0 amide bonds. The van der Waals surface area contributed by atoms with Gasteiger partial charge in [0.1, 0.15) is 0 Å². The topological polar surface area (TPSA) is 12.0 Å². The summed E-state index contributed by atoms with van der Waals surface area (Å²) >= 11 is 0. The fourth-order valence-corrected chi connectivity index (χ4v) is 5.40. The Bertz CT molecular complexity index is 419. The van der Waals surface area contributed by atoms with Gasteiger partial charge >= 0.3 is 0 Å². The SMILES string of the molecule is CC1CC2CC(C)CC(CCNCc3ccccc3)(C1)C2. The molecule has 3 rings (SSSR count). The molecule has 0 heterocycles. The molecule has 2 saturated carbocycles. The van der Waals surface area contributed by atoms with E-state index in [9.17, 15) is 0 Å². The van der Waals surface area contributed by atoms with E-state index in [1.807, 2.05) is 0 Å². The molecule has 2 unspecified atom stereocenters. The van der Waals surface area contributed by atoms with Gasteiger partial charge in [-0.15, -0.1) is 0 Å². The Morgan fingerprint density at radius 3 is 2.33 bits per heavy atom. The minimum absolute atomic E-state index is 0.656. The van der Waals surface area contributed by atoms with Crippen LogP contribution in [0.15, 0.2) is 30.3 Å². The van der Waals surface area contributed by atoms with Gasteiger partial charge in [0.05, 0.1) is 0 Å². The smallest absolute Gasteiger partial charge is 0.0205 e. The van der Waals surface area contributed by atoms with Gasteiger partial charge in [0.15, 0.2) is 0 Å². The quantitative estimate of drug-likeness (QED) is 0.749. The minimum Gasteiger partial charge on any atom is -0.313 e. The van der Waals surface area contributed by atoms with Crippen molar-refractivity contribution in [1.82, 2.24) is 5.32 Å². The highest BCUT2D eigenvalue weighted by Gasteiger charge is 2.43. The average molecular weight is 285 g/mol. The molecule has 0 aromatic heterocycles. The lowest BCUT2D eigenvalue weighted by Gasteiger charge is -2.50. The summed E-state index contributed by atoms with van der Waals surface area (Å²) in [6, 6.07) is 10.8. The fourth-order valence-electron chi connectivity index (χ4n) is 5.40. The molecule has 0 spiro atoms. The maximum Gasteiger partial charge on any atom is 0.0205 e. The summed E-state index contributed by atoms with van der Waals surface area (Å²) in [6.45, 7) is 7.16. The summed E-state index contributed by atoms with van der Waals surface area (Å²) in [6.07, 6.45) is 8.81. The highest BCUT2D eigenvalue weighted by Crippen LogP contribution is 2.54. The van der Waals surface area contributed by atoms with Crippen LogP contribution in [0.2, 0.25) is 0 Å². The zero-order valence-corrected chi connectivity index (χ0v) is 13.8. The van der Waals surface area contributed by atoms with E-state index in [1.165, 1.54) is 50.6 Å². The van der Waals surface area contributed by atoms with Gasteiger partial charge in [-0.2, -0.15) is 0 Å². The summed E-state index contributed by atoms with van der Waals surface area (Å²) in [5.74, 6) is 2.92. The van der Waals surface area contributed by atoms with Crippen LogP contribution in [0.3, 0.4) is 0 Å². The van der Waals surface area contributed by atoms with Gasteiger partial charge in [-0.05, 0) is 73.8 Å². The first-order valence-corrected chi connectivity index (χ1v) is 8.90. The Balaban J connectivity index is 1.51. The Morgan fingerprint density at radius 2 is 1.67 bits per heavy atom.